The van der Waals surface area contributed by atoms with E-state index in [4.69, 9.17) is 0 Å². The van der Waals surface area contributed by atoms with Crippen molar-refractivity contribution in [1.29, 1.82) is 0 Å². The molecule has 0 aliphatic carbocycles. The highest BCUT2D eigenvalue weighted by atomic mass is 16.3. The fourth-order valence-corrected chi connectivity index (χ4v) is 2.81. The first kappa shape index (κ1) is 17.6. The van der Waals surface area contributed by atoms with Gasteiger partial charge in [0.25, 0.3) is 0 Å². The largest absolute Gasteiger partial charge is 0.395 e. The van der Waals surface area contributed by atoms with Gasteiger partial charge in [0, 0.05) is 30.6 Å². The minimum atomic E-state index is 0.140. The zero-order valence-corrected chi connectivity index (χ0v) is 14.4. The first-order valence-corrected chi connectivity index (χ1v) is 8.56. The third-order valence-electron chi connectivity index (χ3n) is 4.27. The van der Waals surface area contributed by atoms with E-state index in [1.54, 1.807) is 0 Å². The van der Waals surface area contributed by atoms with E-state index in [-0.39, 0.29) is 12.6 Å². The molecule has 3 nitrogen and oxygen atoms in total. The number of benzene rings is 1. The normalized spacial score (nSPS) is 12.5. The SMILES string of the molecule is CCCC[n+]1cccc(CN(C)[C@H](CO)Cc2ccccc2)c1. The van der Waals surface area contributed by atoms with Crippen LogP contribution in [-0.2, 0) is 19.5 Å². The van der Waals surface area contributed by atoms with E-state index in [1.807, 2.05) is 6.07 Å². The number of aryl methyl sites for hydroxylation is 1. The molecule has 0 aliphatic heterocycles. The maximum atomic E-state index is 9.76. The van der Waals surface area contributed by atoms with Gasteiger partial charge in [0.05, 0.1) is 6.61 Å². The number of aliphatic hydroxyl groups is 1. The van der Waals surface area contributed by atoms with Gasteiger partial charge in [-0.05, 0) is 25.1 Å². The number of hydrogen-bond acceptors (Lipinski definition) is 2. The molecule has 1 heterocycles. The van der Waals surface area contributed by atoms with Crippen molar-refractivity contribution in [2.45, 2.75) is 45.3 Å². The van der Waals surface area contributed by atoms with Gasteiger partial charge in [-0.2, -0.15) is 0 Å². The summed E-state index contributed by atoms with van der Waals surface area (Å²) in [5.74, 6) is 0. The molecule has 3 heteroatoms. The zero-order chi connectivity index (χ0) is 16.5. The van der Waals surface area contributed by atoms with Gasteiger partial charge in [-0.25, -0.2) is 4.57 Å². The lowest BCUT2D eigenvalue weighted by Gasteiger charge is -2.26. The van der Waals surface area contributed by atoms with Crippen molar-refractivity contribution in [2.75, 3.05) is 13.7 Å². The monoisotopic (exact) mass is 313 g/mol. The maximum absolute atomic E-state index is 9.76. The molecule has 2 aromatic rings. The van der Waals surface area contributed by atoms with E-state index in [2.05, 4.69) is 72.2 Å². The Morgan fingerprint density at radius 1 is 1.09 bits per heavy atom. The molecular weight excluding hydrogens is 284 g/mol. The number of aromatic nitrogens is 1. The Bertz CT molecular complexity index is 571. The molecule has 2 rings (SSSR count). The molecule has 0 unspecified atom stereocenters. The van der Waals surface area contributed by atoms with Crippen LogP contribution in [0.1, 0.15) is 30.9 Å². The molecule has 1 atom stereocenters. The quantitative estimate of drug-likeness (QED) is 0.721. The fraction of sp³-hybridized carbons (Fsp3) is 0.450. The second-order valence-electron chi connectivity index (χ2n) is 6.24. The van der Waals surface area contributed by atoms with Crippen LogP contribution in [0.3, 0.4) is 0 Å². The molecular formula is C20H29N2O+. The van der Waals surface area contributed by atoms with Crippen LogP contribution < -0.4 is 4.57 Å². The molecule has 0 bridgehead atoms. The highest BCUT2D eigenvalue weighted by molar-refractivity contribution is 5.16. The predicted octanol–water partition coefficient (Wildman–Crippen LogP) is 2.81. The van der Waals surface area contributed by atoms with Crippen molar-refractivity contribution in [1.82, 2.24) is 4.90 Å². The van der Waals surface area contributed by atoms with E-state index in [0.29, 0.717) is 0 Å². The molecule has 1 aromatic heterocycles. The minimum absolute atomic E-state index is 0.140. The Morgan fingerprint density at radius 3 is 2.52 bits per heavy atom. The lowest BCUT2D eigenvalue weighted by Crippen LogP contribution is -2.38. The van der Waals surface area contributed by atoms with Crippen LogP contribution in [0.5, 0.6) is 0 Å². The Kier molecular flexibility index (Phi) is 7.24. The van der Waals surface area contributed by atoms with Gasteiger partial charge in [-0.3, -0.25) is 4.90 Å². The molecule has 0 aliphatic rings. The summed E-state index contributed by atoms with van der Waals surface area (Å²) in [5.41, 5.74) is 2.56. The maximum Gasteiger partial charge on any atom is 0.173 e. The first-order chi connectivity index (χ1) is 11.2. The van der Waals surface area contributed by atoms with E-state index in [1.165, 1.54) is 24.0 Å². The van der Waals surface area contributed by atoms with E-state index < -0.39 is 0 Å². The van der Waals surface area contributed by atoms with Crippen molar-refractivity contribution >= 4 is 0 Å². The van der Waals surface area contributed by atoms with Crippen molar-refractivity contribution in [2.24, 2.45) is 0 Å². The summed E-state index contributed by atoms with van der Waals surface area (Å²) in [7, 11) is 2.09. The van der Waals surface area contributed by atoms with Crippen LogP contribution in [0.2, 0.25) is 0 Å². The number of hydrogen-bond donors (Lipinski definition) is 1. The summed E-state index contributed by atoms with van der Waals surface area (Å²) < 4.78 is 2.26. The average Bonchev–Trinajstić information content (AvgIpc) is 2.59. The van der Waals surface area contributed by atoms with Crippen LogP contribution >= 0.6 is 0 Å². The summed E-state index contributed by atoms with van der Waals surface area (Å²) in [6, 6.07) is 14.8. The van der Waals surface area contributed by atoms with E-state index in [0.717, 1.165) is 19.5 Å². The highest BCUT2D eigenvalue weighted by Crippen LogP contribution is 2.10. The van der Waals surface area contributed by atoms with Gasteiger partial charge in [0.1, 0.15) is 6.54 Å². The predicted molar refractivity (Wildman–Crippen MR) is 94.0 cm³/mol. The summed E-state index contributed by atoms with van der Waals surface area (Å²) in [6.07, 6.45) is 7.64. The fourth-order valence-electron chi connectivity index (χ4n) is 2.81. The standard InChI is InChI=1S/C20H29N2O/c1-3-4-12-22-13-8-11-19(16-22)15-21(2)20(17-23)14-18-9-6-5-7-10-18/h5-11,13,16,20,23H,3-4,12,14-15,17H2,1-2H3/q+1/t20-/m0/s1. The molecule has 0 fully saturated rings. The number of aliphatic hydroxyl groups excluding tert-OH is 1. The summed E-state index contributed by atoms with van der Waals surface area (Å²) in [4.78, 5) is 2.24. The van der Waals surface area contributed by atoms with Crippen LogP contribution in [0, 0.1) is 0 Å². The van der Waals surface area contributed by atoms with Gasteiger partial charge in [-0.1, -0.05) is 43.7 Å². The summed E-state index contributed by atoms with van der Waals surface area (Å²) >= 11 is 0. The van der Waals surface area contributed by atoms with Crippen molar-refractivity contribution in [3.05, 3.63) is 66.0 Å². The van der Waals surface area contributed by atoms with Gasteiger partial charge < -0.3 is 5.11 Å². The van der Waals surface area contributed by atoms with Gasteiger partial charge in [0.2, 0.25) is 0 Å². The summed E-state index contributed by atoms with van der Waals surface area (Å²) in [5, 5.41) is 9.76. The van der Waals surface area contributed by atoms with Gasteiger partial charge in [-0.15, -0.1) is 0 Å². The lowest BCUT2D eigenvalue weighted by molar-refractivity contribution is -0.697. The topological polar surface area (TPSA) is 27.4 Å². The molecule has 0 radical (unpaired) electrons. The molecule has 1 aromatic carbocycles. The Labute approximate surface area is 140 Å². The summed E-state index contributed by atoms with van der Waals surface area (Å²) in [6.45, 7) is 4.31. The third-order valence-corrected chi connectivity index (χ3v) is 4.27. The molecule has 1 N–H and O–H groups in total. The smallest absolute Gasteiger partial charge is 0.173 e. The Hall–Kier alpha value is -1.71. The van der Waals surface area contributed by atoms with Crippen molar-refractivity contribution in [3.8, 4) is 0 Å². The highest BCUT2D eigenvalue weighted by Gasteiger charge is 2.16. The third kappa shape index (κ3) is 5.77. The van der Waals surface area contributed by atoms with Gasteiger partial charge in [0.15, 0.2) is 12.4 Å². The second-order valence-corrected chi connectivity index (χ2v) is 6.24. The number of unbranched alkanes of at least 4 members (excludes halogenated alkanes) is 1. The van der Waals surface area contributed by atoms with Crippen LogP contribution in [0.15, 0.2) is 54.9 Å². The number of pyridine rings is 1. The van der Waals surface area contributed by atoms with Crippen LogP contribution in [-0.4, -0.2) is 29.7 Å². The Balaban J connectivity index is 1.97. The Morgan fingerprint density at radius 2 is 1.83 bits per heavy atom. The molecule has 0 saturated carbocycles. The zero-order valence-electron chi connectivity index (χ0n) is 14.4. The second kappa shape index (κ2) is 9.43. The van der Waals surface area contributed by atoms with E-state index >= 15 is 0 Å². The molecule has 0 saturated heterocycles. The van der Waals surface area contributed by atoms with Crippen LogP contribution in [0.25, 0.3) is 0 Å². The number of rotatable bonds is 9. The van der Waals surface area contributed by atoms with Gasteiger partial charge >= 0.3 is 0 Å². The number of nitrogens with zero attached hydrogens (tertiary/aromatic N) is 2. The van der Waals surface area contributed by atoms with E-state index in [9.17, 15) is 5.11 Å². The minimum Gasteiger partial charge on any atom is -0.395 e. The lowest BCUT2D eigenvalue weighted by atomic mass is 10.1. The number of likely N-dealkylation sites (N-methyl/N-ethyl adjacent to an activating group) is 1. The molecule has 23 heavy (non-hydrogen) atoms. The first-order valence-electron chi connectivity index (χ1n) is 8.56. The van der Waals surface area contributed by atoms with Crippen molar-refractivity contribution < 1.29 is 9.67 Å². The van der Waals surface area contributed by atoms with Crippen LogP contribution in [0.4, 0.5) is 0 Å². The molecule has 0 amide bonds. The molecule has 124 valence electrons. The van der Waals surface area contributed by atoms with Crippen molar-refractivity contribution in [3.63, 3.8) is 0 Å². The average molecular weight is 313 g/mol. The molecule has 0 spiro atoms.